The second-order valence-electron chi connectivity index (χ2n) is 6.39. The van der Waals surface area contributed by atoms with Gasteiger partial charge in [-0.05, 0) is 19.8 Å². The van der Waals surface area contributed by atoms with Crippen molar-refractivity contribution in [3.63, 3.8) is 0 Å². The smallest absolute Gasteiger partial charge is 0.332 e. The maximum atomic E-state index is 12.0. The quantitative estimate of drug-likeness (QED) is 0.308. The third kappa shape index (κ3) is 9.15. The maximum Gasteiger partial charge on any atom is 0.332 e. The van der Waals surface area contributed by atoms with E-state index in [9.17, 15) is 14.7 Å². The maximum absolute atomic E-state index is 12.0. The molecule has 0 bridgehead atoms. The molecule has 1 fully saturated rings. The first-order valence-electron chi connectivity index (χ1n) is 9.62. The van der Waals surface area contributed by atoms with E-state index in [4.69, 9.17) is 9.47 Å². The Morgan fingerprint density at radius 1 is 1.35 bits per heavy atom. The second kappa shape index (κ2) is 13.5. The molecule has 148 valence electrons. The Bertz CT molecular complexity index is 475. The van der Waals surface area contributed by atoms with Gasteiger partial charge in [0.25, 0.3) is 0 Å². The van der Waals surface area contributed by atoms with Crippen LogP contribution in [0.1, 0.15) is 52.4 Å². The van der Waals surface area contributed by atoms with Crippen LogP contribution in [0.3, 0.4) is 0 Å². The van der Waals surface area contributed by atoms with Crippen molar-refractivity contribution in [3.8, 4) is 0 Å². The Labute approximate surface area is 156 Å². The van der Waals surface area contributed by atoms with Gasteiger partial charge in [-0.15, -0.1) is 0 Å². The highest BCUT2D eigenvalue weighted by Crippen LogP contribution is 2.20. The standard InChI is InChI=1S/C20H33NO5/c1-3-5-6-9-18(22)12-10-17-11-13-19(23)21(17)14-7-8-15-25-16-20(24)26-4-2/h7-8,10,12,17-18,22H,3-6,9,11,13-16H2,1-2H3/t17?,18-/m1/s1. The molecule has 1 saturated heterocycles. The molecule has 0 radical (unpaired) electrons. The van der Waals surface area contributed by atoms with Crippen LogP contribution in [0.4, 0.5) is 0 Å². The molecule has 2 atom stereocenters. The van der Waals surface area contributed by atoms with E-state index in [-0.39, 0.29) is 24.5 Å². The lowest BCUT2D eigenvalue weighted by Gasteiger charge is -2.21. The van der Waals surface area contributed by atoms with Crippen molar-refractivity contribution >= 4 is 11.9 Å². The van der Waals surface area contributed by atoms with Gasteiger partial charge in [0.05, 0.1) is 25.4 Å². The minimum atomic E-state index is -0.439. The van der Waals surface area contributed by atoms with Crippen molar-refractivity contribution < 1.29 is 24.2 Å². The molecule has 0 aromatic rings. The SMILES string of the molecule is CCCCC[C@@H](O)C=CC1CCC(=O)N1CC=CCOCC(=O)OCC. The lowest BCUT2D eigenvalue weighted by Crippen LogP contribution is -2.32. The fraction of sp³-hybridized carbons (Fsp3) is 0.700. The van der Waals surface area contributed by atoms with E-state index in [0.717, 1.165) is 32.1 Å². The Morgan fingerprint density at radius 2 is 2.15 bits per heavy atom. The van der Waals surface area contributed by atoms with Gasteiger partial charge in [0.1, 0.15) is 6.61 Å². The topological polar surface area (TPSA) is 76.1 Å². The average Bonchev–Trinajstić information content (AvgIpc) is 2.96. The number of likely N-dealkylation sites (tertiary alicyclic amines) is 1. The highest BCUT2D eigenvalue weighted by Gasteiger charge is 2.27. The van der Waals surface area contributed by atoms with Gasteiger partial charge < -0.3 is 19.5 Å². The van der Waals surface area contributed by atoms with E-state index in [1.165, 1.54) is 0 Å². The summed E-state index contributed by atoms with van der Waals surface area (Å²) in [6, 6.07) is 0.0356. The molecule has 1 aliphatic rings. The Balaban J connectivity index is 2.33. The molecule has 0 aromatic carbocycles. The molecule has 0 aliphatic carbocycles. The van der Waals surface area contributed by atoms with Crippen molar-refractivity contribution in [1.82, 2.24) is 4.90 Å². The molecule has 6 nitrogen and oxygen atoms in total. The van der Waals surface area contributed by atoms with Crippen molar-refractivity contribution in [3.05, 3.63) is 24.3 Å². The summed E-state index contributed by atoms with van der Waals surface area (Å²) < 4.78 is 9.95. The molecule has 1 N–H and O–H groups in total. The van der Waals surface area contributed by atoms with Crippen LogP contribution >= 0.6 is 0 Å². The first kappa shape index (κ1) is 22.4. The van der Waals surface area contributed by atoms with Crippen LogP contribution in [-0.2, 0) is 19.1 Å². The molecule has 0 aromatic heterocycles. The number of hydrogen-bond acceptors (Lipinski definition) is 5. The van der Waals surface area contributed by atoms with Crippen LogP contribution in [0.5, 0.6) is 0 Å². The summed E-state index contributed by atoms with van der Waals surface area (Å²) in [5.74, 6) is -0.254. The summed E-state index contributed by atoms with van der Waals surface area (Å²) >= 11 is 0. The zero-order valence-electron chi connectivity index (χ0n) is 16.1. The van der Waals surface area contributed by atoms with Crippen LogP contribution < -0.4 is 0 Å². The molecule has 1 amide bonds. The molecular formula is C20H33NO5. The number of carbonyl (C=O) groups excluding carboxylic acids is 2. The lowest BCUT2D eigenvalue weighted by molar-refractivity contribution is -0.147. The third-order valence-corrected chi connectivity index (χ3v) is 4.24. The molecule has 1 heterocycles. The lowest BCUT2D eigenvalue weighted by atomic mass is 10.1. The van der Waals surface area contributed by atoms with Crippen molar-refractivity contribution in [2.24, 2.45) is 0 Å². The minimum Gasteiger partial charge on any atom is -0.464 e. The molecule has 26 heavy (non-hydrogen) atoms. The summed E-state index contributed by atoms with van der Waals surface area (Å²) in [5, 5.41) is 9.99. The number of aliphatic hydroxyl groups excluding tert-OH is 1. The highest BCUT2D eigenvalue weighted by molar-refractivity contribution is 5.79. The molecule has 1 aliphatic heterocycles. The number of hydrogen-bond donors (Lipinski definition) is 1. The number of aliphatic hydroxyl groups is 1. The summed E-state index contributed by atoms with van der Waals surface area (Å²) in [4.78, 5) is 25.0. The Kier molecular flexibility index (Phi) is 11.6. The monoisotopic (exact) mass is 367 g/mol. The average molecular weight is 367 g/mol. The molecule has 0 spiro atoms. The number of carbonyl (C=O) groups is 2. The number of esters is 1. The third-order valence-electron chi connectivity index (χ3n) is 4.24. The predicted octanol–water partition coefficient (Wildman–Crippen LogP) is 2.61. The van der Waals surface area contributed by atoms with Gasteiger partial charge in [-0.25, -0.2) is 4.79 Å². The first-order valence-corrected chi connectivity index (χ1v) is 9.62. The van der Waals surface area contributed by atoms with E-state index >= 15 is 0 Å². The highest BCUT2D eigenvalue weighted by atomic mass is 16.6. The second-order valence-corrected chi connectivity index (χ2v) is 6.39. The fourth-order valence-corrected chi connectivity index (χ4v) is 2.82. The predicted molar refractivity (Wildman–Crippen MR) is 101 cm³/mol. The van der Waals surface area contributed by atoms with Crippen molar-refractivity contribution in [1.29, 1.82) is 0 Å². The molecule has 1 rings (SSSR count). The summed E-state index contributed by atoms with van der Waals surface area (Å²) in [6.07, 6.45) is 12.4. The van der Waals surface area contributed by atoms with Gasteiger partial charge in [0, 0.05) is 13.0 Å². The number of amides is 1. The normalized spacial score (nSPS) is 19.0. The molecular weight excluding hydrogens is 334 g/mol. The summed E-state index contributed by atoms with van der Waals surface area (Å²) in [7, 11) is 0. The van der Waals surface area contributed by atoms with Gasteiger partial charge in [-0.2, -0.15) is 0 Å². The van der Waals surface area contributed by atoms with E-state index in [2.05, 4.69) is 6.92 Å². The zero-order valence-corrected chi connectivity index (χ0v) is 16.1. The van der Waals surface area contributed by atoms with Gasteiger partial charge in [-0.1, -0.05) is 50.5 Å². The van der Waals surface area contributed by atoms with Gasteiger partial charge in [0.15, 0.2) is 0 Å². The van der Waals surface area contributed by atoms with Crippen LogP contribution in [0.25, 0.3) is 0 Å². The number of unbranched alkanes of at least 4 members (excludes halogenated alkanes) is 2. The van der Waals surface area contributed by atoms with Crippen LogP contribution in [-0.4, -0.2) is 60.4 Å². The van der Waals surface area contributed by atoms with E-state index in [1.54, 1.807) is 17.9 Å². The van der Waals surface area contributed by atoms with Gasteiger partial charge in [0.2, 0.25) is 5.91 Å². The first-order chi connectivity index (χ1) is 12.6. The zero-order chi connectivity index (χ0) is 19.2. The summed E-state index contributed by atoms with van der Waals surface area (Å²) in [5.41, 5.74) is 0. The van der Waals surface area contributed by atoms with Gasteiger partial charge >= 0.3 is 5.97 Å². The van der Waals surface area contributed by atoms with Crippen LogP contribution in [0, 0.1) is 0 Å². The molecule has 6 heteroatoms. The number of rotatable bonds is 13. The van der Waals surface area contributed by atoms with Crippen LogP contribution in [0.2, 0.25) is 0 Å². The van der Waals surface area contributed by atoms with Crippen LogP contribution in [0.15, 0.2) is 24.3 Å². The molecule has 1 unspecified atom stereocenters. The molecule has 0 saturated carbocycles. The number of ether oxygens (including phenoxy) is 2. The Hall–Kier alpha value is -1.66. The number of nitrogens with zero attached hydrogens (tertiary/aromatic N) is 1. The van der Waals surface area contributed by atoms with Crippen molar-refractivity contribution in [2.75, 3.05) is 26.4 Å². The van der Waals surface area contributed by atoms with E-state index < -0.39 is 6.10 Å². The Morgan fingerprint density at radius 3 is 2.88 bits per heavy atom. The fourth-order valence-electron chi connectivity index (χ4n) is 2.82. The van der Waals surface area contributed by atoms with Gasteiger partial charge in [-0.3, -0.25) is 4.79 Å². The minimum absolute atomic E-state index is 0.0356. The largest absolute Gasteiger partial charge is 0.464 e. The van der Waals surface area contributed by atoms with Crippen molar-refractivity contribution in [2.45, 2.75) is 64.5 Å². The van der Waals surface area contributed by atoms with E-state index in [0.29, 0.717) is 26.2 Å². The van der Waals surface area contributed by atoms with E-state index in [1.807, 2.05) is 18.2 Å². The summed E-state index contributed by atoms with van der Waals surface area (Å²) in [6.45, 7) is 4.97.